The molecule has 25 heavy (non-hydrogen) atoms. The molecule has 2 heterocycles. The summed E-state index contributed by atoms with van der Waals surface area (Å²) in [7, 11) is 0. The van der Waals surface area contributed by atoms with E-state index < -0.39 is 0 Å². The van der Waals surface area contributed by atoms with E-state index in [0.717, 1.165) is 64.0 Å². The van der Waals surface area contributed by atoms with Gasteiger partial charge >= 0.3 is 0 Å². The number of benzene rings is 1. The van der Waals surface area contributed by atoms with Crippen molar-refractivity contribution in [3.05, 3.63) is 35.6 Å². The summed E-state index contributed by atoms with van der Waals surface area (Å²) in [6.45, 7) is 6.86. The Morgan fingerprint density at radius 3 is 2.76 bits per heavy atom. The van der Waals surface area contributed by atoms with Crippen LogP contribution in [0.2, 0.25) is 0 Å². The fraction of sp³-hybridized carbons (Fsp3) is 0.650. The number of ether oxygens (including phenoxy) is 1. The van der Waals surface area contributed by atoms with Crippen molar-refractivity contribution in [1.82, 2.24) is 9.80 Å². The fourth-order valence-electron chi connectivity index (χ4n) is 4.03. The van der Waals surface area contributed by atoms with Crippen LogP contribution < -0.4 is 0 Å². The van der Waals surface area contributed by atoms with Crippen molar-refractivity contribution in [3.8, 4) is 0 Å². The lowest BCUT2D eigenvalue weighted by Gasteiger charge is -2.37. The molecule has 2 fully saturated rings. The molecule has 4 nitrogen and oxygen atoms in total. The van der Waals surface area contributed by atoms with Gasteiger partial charge in [0.25, 0.3) is 0 Å². The van der Waals surface area contributed by atoms with E-state index in [1.54, 1.807) is 12.1 Å². The number of carbonyl (C=O) groups excluding carboxylic acids is 1. The van der Waals surface area contributed by atoms with E-state index in [-0.39, 0.29) is 11.7 Å². The molecule has 0 saturated carbocycles. The largest absolute Gasteiger partial charge is 0.378 e. The molecule has 1 amide bonds. The van der Waals surface area contributed by atoms with Crippen LogP contribution in [0.25, 0.3) is 0 Å². The topological polar surface area (TPSA) is 32.8 Å². The first-order chi connectivity index (χ1) is 12.2. The molecule has 1 aromatic rings. The molecule has 0 spiro atoms. The molecule has 0 bridgehead atoms. The van der Waals surface area contributed by atoms with Gasteiger partial charge < -0.3 is 9.64 Å². The molecular formula is C20H29FN2O2. The molecule has 0 aliphatic carbocycles. The SMILES string of the molecule is CCOC1CCN(C(=O)[C@H]2CCCN(Cc3cccc(F)c3)C2)CC1. The molecule has 0 N–H and O–H groups in total. The Labute approximate surface area is 149 Å². The number of hydrogen-bond donors (Lipinski definition) is 0. The molecule has 2 aliphatic heterocycles. The predicted molar refractivity (Wildman–Crippen MR) is 95.6 cm³/mol. The molecule has 0 radical (unpaired) electrons. The van der Waals surface area contributed by atoms with Crippen LogP contribution in [0, 0.1) is 11.7 Å². The van der Waals surface area contributed by atoms with Crippen LogP contribution in [0.4, 0.5) is 4.39 Å². The maximum atomic E-state index is 13.4. The number of halogens is 1. The van der Waals surface area contributed by atoms with Crippen molar-refractivity contribution >= 4 is 5.91 Å². The van der Waals surface area contributed by atoms with Crippen molar-refractivity contribution in [2.45, 2.75) is 45.3 Å². The first-order valence-corrected chi connectivity index (χ1v) is 9.53. The van der Waals surface area contributed by atoms with Crippen LogP contribution in [0.15, 0.2) is 24.3 Å². The van der Waals surface area contributed by atoms with E-state index in [2.05, 4.69) is 4.90 Å². The number of hydrogen-bond acceptors (Lipinski definition) is 3. The smallest absolute Gasteiger partial charge is 0.226 e. The van der Waals surface area contributed by atoms with Gasteiger partial charge in [0.05, 0.1) is 12.0 Å². The Morgan fingerprint density at radius 1 is 1.24 bits per heavy atom. The number of piperidine rings is 2. The van der Waals surface area contributed by atoms with E-state index >= 15 is 0 Å². The number of rotatable bonds is 5. The van der Waals surface area contributed by atoms with Crippen LogP contribution in [-0.4, -0.2) is 54.6 Å². The van der Waals surface area contributed by atoms with Gasteiger partial charge in [-0.2, -0.15) is 0 Å². The third kappa shape index (κ3) is 5.02. The average Bonchev–Trinajstić information content (AvgIpc) is 2.62. The Balaban J connectivity index is 1.51. The minimum atomic E-state index is -0.195. The van der Waals surface area contributed by atoms with Gasteiger partial charge in [-0.15, -0.1) is 0 Å². The summed E-state index contributed by atoms with van der Waals surface area (Å²) in [6, 6.07) is 6.76. The zero-order valence-corrected chi connectivity index (χ0v) is 15.1. The molecule has 138 valence electrons. The summed E-state index contributed by atoms with van der Waals surface area (Å²) >= 11 is 0. The zero-order valence-electron chi connectivity index (χ0n) is 15.1. The fourth-order valence-corrected chi connectivity index (χ4v) is 4.03. The summed E-state index contributed by atoms with van der Waals surface area (Å²) in [5.74, 6) is 0.171. The van der Waals surface area contributed by atoms with Gasteiger partial charge in [-0.3, -0.25) is 9.69 Å². The van der Waals surface area contributed by atoms with Crippen LogP contribution in [0.3, 0.4) is 0 Å². The summed E-state index contributed by atoms with van der Waals surface area (Å²) in [6.07, 6.45) is 4.19. The van der Waals surface area contributed by atoms with Gasteiger partial charge in [0.2, 0.25) is 5.91 Å². The van der Waals surface area contributed by atoms with Gasteiger partial charge in [0, 0.05) is 32.8 Å². The quantitative estimate of drug-likeness (QED) is 0.820. The summed E-state index contributed by atoms with van der Waals surface area (Å²) in [5, 5.41) is 0. The molecule has 5 heteroatoms. The van der Waals surface area contributed by atoms with E-state index in [0.29, 0.717) is 18.6 Å². The Hall–Kier alpha value is -1.46. The summed E-state index contributed by atoms with van der Waals surface area (Å²) in [5.41, 5.74) is 0.977. The molecule has 0 unspecified atom stereocenters. The number of nitrogens with zero attached hydrogens (tertiary/aromatic N) is 2. The molecule has 3 rings (SSSR count). The van der Waals surface area contributed by atoms with E-state index in [9.17, 15) is 9.18 Å². The highest BCUT2D eigenvalue weighted by Crippen LogP contribution is 2.23. The second-order valence-corrected chi connectivity index (χ2v) is 7.18. The number of likely N-dealkylation sites (tertiary alicyclic amines) is 2. The van der Waals surface area contributed by atoms with Gasteiger partial charge in [0.15, 0.2) is 0 Å². The lowest BCUT2D eigenvalue weighted by Crippen LogP contribution is -2.48. The predicted octanol–water partition coefficient (Wildman–Crippen LogP) is 3.07. The lowest BCUT2D eigenvalue weighted by atomic mass is 9.95. The molecule has 1 aromatic carbocycles. The second-order valence-electron chi connectivity index (χ2n) is 7.18. The Kier molecular flexibility index (Phi) is 6.43. The standard InChI is InChI=1S/C20H29FN2O2/c1-2-25-19-8-11-23(12-9-19)20(24)17-6-4-10-22(15-17)14-16-5-3-7-18(21)13-16/h3,5,7,13,17,19H,2,4,6,8-12,14-15H2,1H3/t17-/m0/s1. The van der Waals surface area contributed by atoms with E-state index in [1.165, 1.54) is 6.07 Å². The van der Waals surface area contributed by atoms with Crippen molar-refractivity contribution in [1.29, 1.82) is 0 Å². The van der Waals surface area contributed by atoms with Gasteiger partial charge in [-0.05, 0) is 56.8 Å². The lowest BCUT2D eigenvalue weighted by molar-refractivity contribution is -0.140. The van der Waals surface area contributed by atoms with E-state index in [1.807, 2.05) is 17.9 Å². The van der Waals surface area contributed by atoms with Crippen molar-refractivity contribution < 1.29 is 13.9 Å². The average molecular weight is 348 g/mol. The van der Waals surface area contributed by atoms with Crippen LogP contribution in [0.5, 0.6) is 0 Å². The van der Waals surface area contributed by atoms with Crippen molar-refractivity contribution in [3.63, 3.8) is 0 Å². The zero-order chi connectivity index (χ0) is 17.6. The first kappa shape index (κ1) is 18.3. The highest BCUT2D eigenvalue weighted by molar-refractivity contribution is 5.79. The van der Waals surface area contributed by atoms with Crippen LogP contribution in [-0.2, 0) is 16.1 Å². The highest BCUT2D eigenvalue weighted by atomic mass is 19.1. The van der Waals surface area contributed by atoms with Crippen molar-refractivity contribution in [2.24, 2.45) is 5.92 Å². The molecule has 0 aromatic heterocycles. The molecule has 1 atom stereocenters. The van der Waals surface area contributed by atoms with Gasteiger partial charge in [-0.25, -0.2) is 4.39 Å². The minimum absolute atomic E-state index is 0.0750. The Bertz CT molecular complexity index is 573. The third-order valence-corrected chi connectivity index (χ3v) is 5.31. The Morgan fingerprint density at radius 2 is 2.04 bits per heavy atom. The number of amides is 1. The normalized spacial score (nSPS) is 23.0. The van der Waals surface area contributed by atoms with Gasteiger partial charge in [-0.1, -0.05) is 12.1 Å². The van der Waals surface area contributed by atoms with Crippen LogP contribution in [0.1, 0.15) is 38.2 Å². The molecular weight excluding hydrogens is 319 g/mol. The second kappa shape index (κ2) is 8.77. The van der Waals surface area contributed by atoms with Crippen molar-refractivity contribution in [2.75, 3.05) is 32.8 Å². The minimum Gasteiger partial charge on any atom is -0.378 e. The molecule has 2 saturated heterocycles. The summed E-state index contributed by atoms with van der Waals surface area (Å²) < 4.78 is 19.0. The summed E-state index contributed by atoms with van der Waals surface area (Å²) in [4.78, 5) is 17.2. The maximum Gasteiger partial charge on any atom is 0.226 e. The van der Waals surface area contributed by atoms with E-state index in [4.69, 9.17) is 4.74 Å². The monoisotopic (exact) mass is 348 g/mol. The first-order valence-electron chi connectivity index (χ1n) is 9.53. The maximum absolute atomic E-state index is 13.4. The van der Waals surface area contributed by atoms with Crippen LogP contribution >= 0.6 is 0 Å². The highest BCUT2D eigenvalue weighted by Gasteiger charge is 2.31. The third-order valence-electron chi connectivity index (χ3n) is 5.31. The molecule has 2 aliphatic rings. The van der Waals surface area contributed by atoms with Gasteiger partial charge in [0.1, 0.15) is 5.82 Å². The number of carbonyl (C=O) groups is 1.